The molecule has 0 saturated carbocycles. The lowest BCUT2D eigenvalue weighted by molar-refractivity contribution is 0.0989. The van der Waals surface area contributed by atoms with Crippen LogP contribution >= 0.6 is 11.7 Å². The van der Waals surface area contributed by atoms with Gasteiger partial charge in [-0.1, -0.05) is 0 Å². The van der Waals surface area contributed by atoms with E-state index in [4.69, 9.17) is 9.84 Å². The number of aromatic nitrogens is 2. The molecule has 0 radical (unpaired) electrons. The molecule has 86 valence electrons. The van der Waals surface area contributed by atoms with Gasteiger partial charge in [-0.2, -0.15) is 4.37 Å². The lowest BCUT2D eigenvalue weighted by Gasteiger charge is -2.14. The molecule has 0 aromatic carbocycles. The Morgan fingerprint density at radius 2 is 2.47 bits per heavy atom. The minimum Gasteiger partial charge on any atom is -0.473 e. The van der Waals surface area contributed by atoms with Crippen LogP contribution in [0.5, 0.6) is 5.88 Å². The Kier molecular flexibility index (Phi) is 5.48. The summed E-state index contributed by atoms with van der Waals surface area (Å²) in [5, 5.41) is 21.2. The van der Waals surface area contributed by atoms with Crippen molar-refractivity contribution in [2.45, 2.75) is 19.1 Å². The van der Waals surface area contributed by atoms with E-state index in [-0.39, 0.29) is 19.3 Å². The van der Waals surface area contributed by atoms with Crippen molar-refractivity contribution in [2.75, 3.05) is 19.8 Å². The SMILES string of the molecule is CC(CO)NCC(O)COc1cnsn1. The van der Waals surface area contributed by atoms with Crippen LogP contribution in [-0.2, 0) is 0 Å². The second-order valence-corrected chi connectivity index (χ2v) is 3.76. The molecule has 0 aliphatic heterocycles. The monoisotopic (exact) mass is 233 g/mol. The van der Waals surface area contributed by atoms with Gasteiger partial charge in [0.15, 0.2) is 0 Å². The summed E-state index contributed by atoms with van der Waals surface area (Å²) < 4.78 is 12.8. The first-order chi connectivity index (χ1) is 7.22. The predicted octanol–water partition coefficient (Wildman–Crippen LogP) is -0.752. The molecule has 0 aliphatic carbocycles. The minimum atomic E-state index is -0.624. The van der Waals surface area contributed by atoms with E-state index < -0.39 is 6.10 Å². The highest BCUT2D eigenvalue weighted by atomic mass is 32.1. The molecule has 3 N–H and O–H groups in total. The van der Waals surface area contributed by atoms with E-state index in [1.54, 1.807) is 0 Å². The van der Waals surface area contributed by atoms with Crippen LogP contribution < -0.4 is 10.1 Å². The summed E-state index contributed by atoms with van der Waals surface area (Å²) in [5.41, 5.74) is 0. The molecule has 1 aromatic heterocycles. The zero-order chi connectivity index (χ0) is 11.1. The lowest BCUT2D eigenvalue weighted by atomic mass is 10.3. The van der Waals surface area contributed by atoms with E-state index in [0.717, 1.165) is 11.7 Å². The van der Waals surface area contributed by atoms with Crippen molar-refractivity contribution in [2.24, 2.45) is 0 Å². The number of hydrogen-bond donors (Lipinski definition) is 3. The number of ether oxygens (including phenoxy) is 1. The molecule has 0 fully saturated rings. The number of aliphatic hydroxyl groups excluding tert-OH is 2. The van der Waals surface area contributed by atoms with E-state index >= 15 is 0 Å². The molecule has 15 heavy (non-hydrogen) atoms. The number of rotatable bonds is 7. The first-order valence-electron chi connectivity index (χ1n) is 4.65. The van der Waals surface area contributed by atoms with Gasteiger partial charge in [-0.15, -0.1) is 4.37 Å². The van der Waals surface area contributed by atoms with Gasteiger partial charge in [0, 0.05) is 12.6 Å². The maximum absolute atomic E-state index is 9.48. The Labute approximate surface area is 92.2 Å². The van der Waals surface area contributed by atoms with Crippen molar-refractivity contribution in [1.82, 2.24) is 14.1 Å². The van der Waals surface area contributed by atoms with Crippen molar-refractivity contribution < 1.29 is 14.9 Å². The van der Waals surface area contributed by atoms with E-state index in [2.05, 4.69) is 14.1 Å². The summed E-state index contributed by atoms with van der Waals surface area (Å²) in [7, 11) is 0. The molecule has 2 atom stereocenters. The highest BCUT2D eigenvalue weighted by Crippen LogP contribution is 2.04. The number of aliphatic hydroxyl groups is 2. The van der Waals surface area contributed by atoms with Crippen molar-refractivity contribution >= 4 is 11.7 Å². The van der Waals surface area contributed by atoms with Crippen molar-refractivity contribution in [3.8, 4) is 5.88 Å². The van der Waals surface area contributed by atoms with Gasteiger partial charge in [0.05, 0.1) is 18.3 Å². The van der Waals surface area contributed by atoms with Crippen molar-refractivity contribution in [1.29, 1.82) is 0 Å². The first-order valence-corrected chi connectivity index (χ1v) is 5.38. The van der Waals surface area contributed by atoms with Gasteiger partial charge in [-0.25, -0.2) is 0 Å². The minimum absolute atomic E-state index is 0.0272. The fourth-order valence-corrected chi connectivity index (χ4v) is 1.23. The number of nitrogens with one attached hydrogen (secondary N) is 1. The third kappa shape index (κ3) is 5.03. The standard InChI is InChI=1S/C8H15N3O3S/c1-6(4-12)9-2-7(13)5-14-8-3-10-15-11-8/h3,6-7,9,12-13H,2,4-5H2,1H3. The summed E-state index contributed by atoms with van der Waals surface area (Å²) in [6.45, 7) is 2.41. The third-order valence-corrected chi connectivity index (χ3v) is 2.20. The summed E-state index contributed by atoms with van der Waals surface area (Å²) >= 11 is 1.06. The molecule has 0 saturated heterocycles. The normalized spacial score (nSPS) is 14.9. The van der Waals surface area contributed by atoms with Crippen LogP contribution in [0.15, 0.2) is 6.20 Å². The molecule has 1 rings (SSSR count). The Bertz CT molecular complexity index is 258. The Hall–Kier alpha value is -0.760. The Morgan fingerprint density at radius 1 is 1.67 bits per heavy atom. The van der Waals surface area contributed by atoms with Crippen LogP contribution in [0.1, 0.15) is 6.92 Å². The number of hydrogen-bond acceptors (Lipinski definition) is 7. The van der Waals surface area contributed by atoms with Crippen molar-refractivity contribution in [3.05, 3.63) is 6.20 Å². The maximum atomic E-state index is 9.48. The van der Waals surface area contributed by atoms with Crippen LogP contribution in [0.3, 0.4) is 0 Å². The second kappa shape index (κ2) is 6.67. The molecule has 6 nitrogen and oxygen atoms in total. The summed E-state index contributed by atoms with van der Waals surface area (Å²) in [6, 6.07) is -0.0272. The average Bonchev–Trinajstić information content (AvgIpc) is 2.75. The van der Waals surface area contributed by atoms with Gasteiger partial charge in [0.1, 0.15) is 18.9 Å². The molecule has 7 heteroatoms. The van der Waals surface area contributed by atoms with Crippen LogP contribution in [0, 0.1) is 0 Å². The smallest absolute Gasteiger partial charge is 0.245 e. The number of nitrogens with zero attached hydrogens (tertiary/aromatic N) is 2. The van der Waals surface area contributed by atoms with Crippen LogP contribution in [-0.4, -0.2) is 50.9 Å². The van der Waals surface area contributed by atoms with E-state index in [9.17, 15) is 5.11 Å². The Balaban J connectivity index is 2.11. The molecule has 1 heterocycles. The van der Waals surface area contributed by atoms with Gasteiger partial charge in [-0.05, 0) is 6.92 Å². The quantitative estimate of drug-likeness (QED) is 0.574. The van der Waals surface area contributed by atoms with Gasteiger partial charge < -0.3 is 20.3 Å². The average molecular weight is 233 g/mol. The van der Waals surface area contributed by atoms with Gasteiger partial charge >= 0.3 is 0 Å². The predicted molar refractivity (Wildman–Crippen MR) is 56.0 cm³/mol. The molecule has 0 aliphatic rings. The first kappa shape index (κ1) is 12.3. The van der Waals surface area contributed by atoms with E-state index in [1.165, 1.54) is 6.20 Å². The molecular formula is C8H15N3O3S. The van der Waals surface area contributed by atoms with Gasteiger partial charge in [0.2, 0.25) is 5.88 Å². The highest BCUT2D eigenvalue weighted by Gasteiger charge is 2.08. The van der Waals surface area contributed by atoms with E-state index in [0.29, 0.717) is 12.4 Å². The van der Waals surface area contributed by atoms with Crippen LogP contribution in [0.25, 0.3) is 0 Å². The molecule has 0 spiro atoms. The molecule has 1 aromatic rings. The van der Waals surface area contributed by atoms with Gasteiger partial charge in [0.25, 0.3) is 0 Å². The zero-order valence-corrected chi connectivity index (χ0v) is 9.28. The topological polar surface area (TPSA) is 87.5 Å². The van der Waals surface area contributed by atoms with Gasteiger partial charge in [-0.3, -0.25) is 0 Å². The maximum Gasteiger partial charge on any atom is 0.245 e. The van der Waals surface area contributed by atoms with Crippen LogP contribution in [0.4, 0.5) is 0 Å². The zero-order valence-electron chi connectivity index (χ0n) is 8.46. The second-order valence-electron chi connectivity index (χ2n) is 3.20. The van der Waals surface area contributed by atoms with Crippen molar-refractivity contribution in [3.63, 3.8) is 0 Å². The summed E-state index contributed by atoms with van der Waals surface area (Å²) in [6.07, 6.45) is 0.877. The third-order valence-electron chi connectivity index (χ3n) is 1.74. The Morgan fingerprint density at radius 3 is 3.07 bits per heavy atom. The van der Waals surface area contributed by atoms with E-state index in [1.807, 2.05) is 6.92 Å². The fourth-order valence-electron chi connectivity index (χ4n) is 0.862. The van der Waals surface area contributed by atoms with Crippen LogP contribution in [0.2, 0.25) is 0 Å². The fraction of sp³-hybridized carbons (Fsp3) is 0.750. The highest BCUT2D eigenvalue weighted by molar-refractivity contribution is 6.99. The molecule has 0 amide bonds. The summed E-state index contributed by atoms with van der Waals surface area (Å²) in [4.78, 5) is 0. The lowest BCUT2D eigenvalue weighted by Crippen LogP contribution is -2.38. The molecule has 0 bridgehead atoms. The molecule has 2 unspecified atom stereocenters. The summed E-state index contributed by atoms with van der Waals surface area (Å²) in [5.74, 6) is 0.425. The largest absolute Gasteiger partial charge is 0.473 e. The molecular weight excluding hydrogens is 218 g/mol.